The molecule has 0 spiro atoms. The van der Waals surface area contributed by atoms with Crippen molar-refractivity contribution in [3.8, 4) is 0 Å². The molecule has 98 valence electrons. The van der Waals surface area contributed by atoms with E-state index in [4.69, 9.17) is 0 Å². The summed E-state index contributed by atoms with van der Waals surface area (Å²) in [6, 6.07) is 10.2. The summed E-state index contributed by atoms with van der Waals surface area (Å²) in [5, 5.41) is 10.5. The lowest BCUT2D eigenvalue weighted by atomic mass is 9.74. The van der Waals surface area contributed by atoms with Gasteiger partial charge in [-0.05, 0) is 30.2 Å². The van der Waals surface area contributed by atoms with Crippen LogP contribution in [0.5, 0.6) is 0 Å². The Kier molecular flexibility index (Phi) is 3.86. The molecule has 1 unspecified atom stereocenters. The van der Waals surface area contributed by atoms with Crippen molar-refractivity contribution in [2.75, 3.05) is 0 Å². The molecule has 1 fully saturated rings. The summed E-state index contributed by atoms with van der Waals surface area (Å²) >= 11 is 0. The fourth-order valence-electron chi connectivity index (χ4n) is 2.95. The van der Waals surface area contributed by atoms with Crippen LogP contribution in [-0.4, -0.2) is 17.0 Å². The first-order chi connectivity index (χ1) is 8.50. The molecule has 1 N–H and O–H groups in total. The topological polar surface area (TPSA) is 37.3 Å². The van der Waals surface area contributed by atoms with Crippen molar-refractivity contribution in [1.29, 1.82) is 0 Å². The number of hydrogen-bond donors (Lipinski definition) is 1. The molecule has 0 heterocycles. The van der Waals surface area contributed by atoms with Gasteiger partial charge in [0.25, 0.3) is 0 Å². The van der Waals surface area contributed by atoms with Crippen LogP contribution in [-0.2, 0) is 11.2 Å². The largest absolute Gasteiger partial charge is 0.392 e. The zero-order valence-corrected chi connectivity index (χ0v) is 11.2. The average molecular weight is 246 g/mol. The van der Waals surface area contributed by atoms with Crippen molar-refractivity contribution in [3.63, 3.8) is 0 Å². The summed E-state index contributed by atoms with van der Waals surface area (Å²) in [5.41, 5.74) is 0.957. The van der Waals surface area contributed by atoms with Crippen LogP contribution in [0.1, 0.15) is 38.7 Å². The second-order valence-corrected chi connectivity index (χ2v) is 6.06. The average Bonchev–Trinajstić information content (AvgIpc) is 2.75. The zero-order valence-electron chi connectivity index (χ0n) is 11.2. The van der Waals surface area contributed by atoms with E-state index in [2.05, 4.69) is 26.0 Å². The minimum Gasteiger partial charge on any atom is -0.392 e. The Hall–Kier alpha value is -1.15. The van der Waals surface area contributed by atoms with Crippen LogP contribution >= 0.6 is 0 Å². The number of carbonyl (C=O) groups is 1. The molecule has 1 aliphatic rings. The smallest absolute Gasteiger partial charge is 0.138 e. The maximum absolute atomic E-state index is 11.8. The van der Waals surface area contributed by atoms with E-state index in [0.717, 1.165) is 19.3 Å². The summed E-state index contributed by atoms with van der Waals surface area (Å²) in [6.45, 7) is 4.10. The number of ketones is 1. The lowest BCUT2D eigenvalue weighted by Crippen LogP contribution is -2.39. The first kappa shape index (κ1) is 13.3. The Morgan fingerprint density at radius 1 is 1.33 bits per heavy atom. The van der Waals surface area contributed by atoms with Gasteiger partial charge in [-0.2, -0.15) is 0 Å². The summed E-state index contributed by atoms with van der Waals surface area (Å²) < 4.78 is 0. The highest BCUT2D eigenvalue weighted by atomic mass is 16.3. The molecule has 2 rings (SSSR count). The molecule has 0 bridgehead atoms. The van der Waals surface area contributed by atoms with E-state index in [1.54, 1.807) is 0 Å². The standard InChI is InChI=1S/C16H22O2/c1-16(2,11-12-7-4-3-5-8-12)15(18)13-9-6-10-14(13)17/h3-5,7-8,13,15,18H,6,9-11H2,1-2H3/t13?,15-/m0/s1. The Morgan fingerprint density at radius 3 is 2.56 bits per heavy atom. The first-order valence-corrected chi connectivity index (χ1v) is 6.75. The van der Waals surface area contributed by atoms with Gasteiger partial charge in [0.05, 0.1) is 6.10 Å². The number of rotatable bonds is 4. The van der Waals surface area contributed by atoms with Crippen LogP contribution in [0, 0.1) is 11.3 Å². The molecular weight excluding hydrogens is 224 g/mol. The highest BCUT2D eigenvalue weighted by Crippen LogP contribution is 2.36. The van der Waals surface area contributed by atoms with Crippen LogP contribution in [0.25, 0.3) is 0 Å². The molecule has 0 saturated heterocycles. The van der Waals surface area contributed by atoms with E-state index in [0.29, 0.717) is 6.42 Å². The van der Waals surface area contributed by atoms with E-state index >= 15 is 0 Å². The Bertz CT molecular complexity index is 408. The molecule has 0 aliphatic heterocycles. The Labute approximate surface area is 109 Å². The van der Waals surface area contributed by atoms with Gasteiger partial charge < -0.3 is 5.11 Å². The maximum atomic E-state index is 11.8. The van der Waals surface area contributed by atoms with E-state index in [9.17, 15) is 9.90 Å². The van der Waals surface area contributed by atoms with Gasteiger partial charge in [0, 0.05) is 12.3 Å². The summed E-state index contributed by atoms with van der Waals surface area (Å²) in [7, 11) is 0. The van der Waals surface area contributed by atoms with E-state index in [-0.39, 0.29) is 17.1 Å². The number of aliphatic hydroxyl groups excluding tert-OH is 1. The van der Waals surface area contributed by atoms with Crippen molar-refractivity contribution < 1.29 is 9.90 Å². The van der Waals surface area contributed by atoms with Gasteiger partial charge in [-0.15, -0.1) is 0 Å². The van der Waals surface area contributed by atoms with Crippen LogP contribution in [0.15, 0.2) is 30.3 Å². The van der Waals surface area contributed by atoms with E-state index in [1.807, 2.05) is 18.2 Å². The third-order valence-electron chi connectivity index (χ3n) is 4.04. The van der Waals surface area contributed by atoms with Gasteiger partial charge in [0.2, 0.25) is 0 Å². The number of Topliss-reactive ketones (excluding diaryl/α,β-unsaturated/α-hetero) is 1. The van der Waals surface area contributed by atoms with E-state index in [1.165, 1.54) is 5.56 Å². The number of carbonyl (C=O) groups excluding carboxylic acids is 1. The molecule has 0 radical (unpaired) electrons. The van der Waals surface area contributed by atoms with Crippen LogP contribution in [0.2, 0.25) is 0 Å². The third kappa shape index (κ3) is 2.81. The normalized spacial score (nSPS) is 22.2. The molecule has 1 aliphatic carbocycles. The molecule has 2 nitrogen and oxygen atoms in total. The lowest BCUT2D eigenvalue weighted by molar-refractivity contribution is -0.126. The molecule has 18 heavy (non-hydrogen) atoms. The van der Waals surface area contributed by atoms with Gasteiger partial charge in [0.1, 0.15) is 5.78 Å². The highest BCUT2D eigenvalue weighted by molar-refractivity contribution is 5.83. The molecule has 1 aromatic carbocycles. The minimum absolute atomic E-state index is 0.149. The third-order valence-corrected chi connectivity index (χ3v) is 4.04. The molecule has 0 amide bonds. The van der Waals surface area contributed by atoms with Crippen LogP contribution in [0.4, 0.5) is 0 Å². The minimum atomic E-state index is -0.535. The van der Waals surface area contributed by atoms with Gasteiger partial charge in [-0.3, -0.25) is 4.79 Å². The maximum Gasteiger partial charge on any atom is 0.138 e. The second kappa shape index (κ2) is 5.23. The lowest BCUT2D eigenvalue weighted by Gasteiger charge is -2.34. The Morgan fingerprint density at radius 2 is 2.00 bits per heavy atom. The SMILES string of the molecule is CC(C)(Cc1ccccc1)[C@@H](O)C1CCCC1=O. The summed E-state index contributed by atoms with van der Waals surface area (Å²) in [5.74, 6) is 0.0901. The molecule has 0 aromatic heterocycles. The van der Waals surface area contributed by atoms with Crippen molar-refractivity contribution in [2.45, 2.75) is 45.6 Å². The number of hydrogen-bond acceptors (Lipinski definition) is 2. The summed E-state index contributed by atoms with van der Waals surface area (Å²) in [4.78, 5) is 11.8. The van der Waals surface area contributed by atoms with Gasteiger partial charge in [0.15, 0.2) is 0 Å². The summed E-state index contributed by atoms with van der Waals surface area (Å²) in [6.07, 6.45) is 2.69. The zero-order chi connectivity index (χ0) is 13.2. The monoisotopic (exact) mass is 246 g/mol. The first-order valence-electron chi connectivity index (χ1n) is 6.75. The van der Waals surface area contributed by atoms with Crippen molar-refractivity contribution >= 4 is 5.78 Å². The molecular formula is C16H22O2. The quantitative estimate of drug-likeness (QED) is 0.886. The molecule has 2 atom stereocenters. The van der Waals surface area contributed by atoms with Crippen molar-refractivity contribution in [3.05, 3.63) is 35.9 Å². The fourth-order valence-corrected chi connectivity index (χ4v) is 2.95. The fraction of sp³-hybridized carbons (Fsp3) is 0.562. The number of aliphatic hydroxyl groups is 1. The highest BCUT2D eigenvalue weighted by Gasteiger charge is 2.39. The van der Waals surface area contributed by atoms with Crippen molar-refractivity contribution in [2.24, 2.45) is 11.3 Å². The van der Waals surface area contributed by atoms with Crippen molar-refractivity contribution in [1.82, 2.24) is 0 Å². The molecule has 1 aromatic rings. The van der Waals surface area contributed by atoms with Crippen LogP contribution < -0.4 is 0 Å². The van der Waals surface area contributed by atoms with Gasteiger partial charge >= 0.3 is 0 Å². The van der Waals surface area contributed by atoms with Crippen LogP contribution in [0.3, 0.4) is 0 Å². The van der Waals surface area contributed by atoms with Gasteiger partial charge in [-0.1, -0.05) is 44.2 Å². The van der Waals surface area contributed by atoms with E-state index < -0.39 is 6.10 Å². The second-order valence-electron chi connectivity index (χ2n) is 6.06. The Balaban J connectivity index is 2.08. The predicted molar refractivity (Wildman–Crippen MR) is 72.3 cm³/mol. The molecule has 1 saturated carbocycles. The number of benzene rings is 1. The van der Waals surface area contributed by atoms with Gasteiger partial charge in [-0.25, -0.2) is 0 Å². The molecule has 2 heteroatoms. The predicted octanol–water partition coefficient (Wildman–Crippen LogP) is 2.99.